The van der Waals surface area contributed by atoms with E-state index in [1.165, 1.54) is 16.9 Å². The normalized spacial score (nSPS) is 12.7. The number of halogens is 1. The van der Waals surface area contributed by atoms with Gasteiger partial charge in [0.15, 0.2) is 0 Å². The van der Waals surface area contributed by atoms with Crippen LogP contribution in [0, 0.1) is 6.92 Å². The van der Waals surface area contributed by atoms with Gasteiger partial charge in [-0.1, -0.05) is 28.1 Å². The summed E-state index contributed by atoms with van der Waals surface area (Å²) in [6.07, 6.45) is 0.637. The molecule has 0 spiro atoms. The van der Waals surface area contributed by atoms with Crippen molar-refractivity contribution in [1.29, 1.82) is 0 Å². The van der Waals surface area contributed by atoms with Gasteiger partial charge >= 0.3 is 0 Å². The number of benzene rings is 1. The van der Waals surface area contributed by atoms with E-state index in [4.69, 9.17) is 0 Å². The third kappa shape index (κ3) is 2.62. The fraction of sp³-hybridized carbons (Fsp3) is 0.214. The van der Waals surface area contributed by atoms with Crippen molar-refractivity contribution in [1.82, 2.24) is 19.2 Å². The number of rotatable bonds is 3. The molecule has 3 rings (SSSR count). The third-order valence-electron chi connectivity index (χ3n) is 3.35. The maximum Gasteiger partial charge on any atom is 0.275 e. The van der Waals surface area contributed by atoms with Gasteiger partial charge in [0.05, 0.1) is 12.6 Å². The van der Waals surface area contributed by atoms with Crippen LogP contribution in [0.4, 0.5) is 0 Å². The van der Waals surface area contributed by atoms with Crippen LogP contribution < -0.4 is 5.56 Å². The first kappa shape index (κ1) is 14.0. The van der Waals surface area contributed by atoms with Crippen molar-refractivity contribution in [3.8, 4) is 0 Å². The Hall–Kier alpha value is -1.99. The molecule has 0 bridgehead atoms. The summed E-state index contributed by atoms with van der Waals surface area (Å²) in [7, 11) is 0. The lowest BCUT2D eigenvalue weighted by atomic mass is 10.1. The quantitative estimate of drug-likeness (QED) is 0.781. The van der Waals surface area contributed by atoms with Crippen LogP contribution in [0.15, 0.2) is 45.9 Å². The van der Waals surface area contributed by atoms with Crippen molar-refractivity contribution in [2.24, 2.45) is 0 Å². The van der Waals surface area contributed by atoms with E-state index < -0.39 is 6.10 Å². The highest BCUT2D eigenvalue weighted by Gasteiger charge is 2.13. The third-order valence-corrected chi connectivity index (χ3v) is 3.88. The highest BCUT2D eigenvalue weighted by atomic mass is 79.9. The number of fused-ring (bicyclic) bond motifs is 1. The first-order valence-electron chi connectivity index (χ1n) is 6.40. The van der Waals surface area contributed by atoms with Crippen molar-refractivity contribution < 1.29 is 5.11 Å². The molecular weight excluding hydrogens is 336 g/mol. The zero-order valence-corrected chi connectivity index (χ0v) is 12.9. The number of nitrogens with zero attached hydrogens (tertiary/aromatic N) is 4. The Bertz CT molecular complexity index is 838. The zero-order valence-electron chi connectivity index (χ0n) is 11.3. The van der Waals surface area contributed by atoms with Crippen molar-refractivity contribution in [3.63, 3.8) is 0 Å². The highest BCUT2D eigenvalue weighted by Crippen LogP contribution is 2.19. The average Bonchev–Trinajstić information content (AvgIpc) is 2.93. The molecule has 7 heteroatoms. The van der Waals surface area contributed by atoms with E-state index in [1.54, 1.807) is 4.57 Å². The first-order chi connectivity index (χ1) is 10.1. The van der Waals surface area contributed by atoms with E-state index in [1.807, 2.05) is 31.2 Å². The van der Waals surface area contributed by atoms with Crippen molar-refractivity contribution in [2.75, 3.05) is 0 Å². The molecule has 2 aromatic heterocycles. The second kappa shape index (κ2) is 5.42. The minimum atomic E-state index is -0.695. The number of aromatic nitrogens is 4. The summed E-state index contributed by atoms with van der Waals surface area (Å²) >= 11 is 3.37. The smallest absolute Gasteiger partial charge is 0.275 e. The second-order valence-corrected chi connectivity index (χ2v) is 5.69. The summed E-state index contributed by atoms with van der Waals surface area (Å²) in [6, 6.07) is 8.95. The molecule has 0 aliphatic carbocycles. The largest absolute Gasteiger partial charge is 0.387 e. The number of hydrogen-bond donors (Lipinski definition) is 1. The topological polar surface area (TPSA) is 72.4 Å². The van der Waals surface area contributed by atoms with Crippen molar-refractivity contribution in [3.05, 3.63) is 62.7 Å². The molecule has 0 aliphatic rings. The molecular formula is C14H13BrN4O2. The van der Waals surface area contributed by atoms with Gasteiger partial charge in [-0.2, -0.15) is 14.6 Å². The molecule has 0 aliphatic heterocycles. The van der Waals surface area contributed by atoms with E-state index in [0.717, 1.165) is 15.7 Å². The summed E-state index contributed by atoms with van der Waals surface area (Å²) in [4.78, 5) is 15.9. The Kier molecular flexibility index (Phi) is 3.60. The number of aliphatic hydroxyl groups is 1. The predicted molar refractivity (Wildman–Crippen MR) is 81.1 cm³/mol. The SMILES string of the molecule is Cc1cc(=O)n2ncnc2n1CC(O)c1ccc(Br)cc1. The van der Waals surface area contributed by atoms with Crippen LogP contribution in [0.1, 0.15) is 17.4 Å². The van der Waals surface area contributed by atoms with Crippen LogP contribution in [0.2, 0.25) is 0 Å². The molecule has 1 atom stereocenters. The van der Waals surface area contributed by atoms with E-state index >= 15 is 0 Å². The van der Waals surface area contributed by atoms with Gasteiger partial charge in [0, 0.05) is 16.2 Å². The highest BCUT2D eigenvalue weighted by molar-refractivity contribution is 9.10. The van der Waals surface area contributed by atoms with Crippen molar-refractivity contribution in [2.45, 2.75) is 19.6 Å². The maximum atomic E-state index is 11.8. The summed E-state index contributed by atoms with van der Waals surface area (Å²) in [5, 5.41) is 14.3. The second-order valence-electron chi connectivity index (χ2n) is 4.77. The minimum absolute atomic E-state index is 0.227. The van der Waals surface area contributed by atoms with Gasteiger partial charge in [0.1, 0.15) is 6.33 Å². The molecule has 0 saturated heterocycles. The van der Waals surface area contributed by atoms with Gasteiger partial charge < -0.3 is 9.67 Å². The minimum Gasteiger partial charge on any atom is -0.387 e. The molecule has 1 aromatic carbocycles. The van der Waals surface area contributed by atoms with Crippen LogP contribution in [-0.4, -0.2) is 24.3 Å². The monoisotopic (exact) mass is 348 g/mol. The standard InChI is InChI=1S/C14H13BrN4O2/c1-9-6-13(21)19-14(16-8-17-19)18(9)7-12(20)10-2-4-11(15)5-3-10/h2-6,8,12,20H,7H2,1H3. The van der Waals surface area contributed by atoms with E-state index in [2.05, 4.69) is 26.0 Å². The lowest BCUT2D eigenvalue weighted by Gasteiger charge is -2.16. The van der Waals surface area contributed by atoms with Crippen molar-refractivity contribution >= 4 is 21.7 Å². The lowest BCUT2D eigenvalue weighted by molar-refractivity contribution is 0.156. The number of hydrogen-bond acceptors (Lipinski definition) is 4. The van der Waals surface area contributed by atoms with Crippen LogP contribution in [0.25, 0.3) is 5.78 Å². The molecule has 1 unspecified atom stereocenters. The van der Waals surface area contributed by atoms with E-state index in [-0.39, 0.29) is 5.56 Å². The van der Waals surface area contributed by atoms with Gasteiger partial charge in [-0.15, -0.1) is 0 Å². The fourth-order valence-electron chi connectivity index (χ4n) is 2.24. The molecule has 108 valence electrons. The maximum absolute atomic E-state index is 11.8. The van der Waals surface area contributed by atoms with Gasteiger partial charge in [0.25, 0.3) is 5.56 Å². The number of aliphatic hydroxyl groups excluding tert-OH is 1. The fourth-order valence-corrected chi connectivity index (χ4v) is 2.50. The molecule has 2 heterocycles. The van der Waals surface area contributed by atoms with Crippen LogP contribution in [0.3, 0.4) is 0 Å². The van der Waals surface area contributed by atoms with Gasteiger partial charge in [-0.25, -0.2) is 0 Å². The Labute approximate surface area is 128 Å². The van der Waals surface area contributed by atoms with Gasteiger partial charge in [-0.05, 0) is 24.6 Å². The molecule has 1 N–H and O–H groups in total. The number of aryl methyl sites for hydroxylation is 1. The van der Waals surface area contributed by atoms with Crippen LogP contribution in [-0.2, 0) is 6.54 Å². The zero-order chi connectivity index (χ0) is 15.0. The molecule has 3 aromatic rings. The predicted octanol–water partition coefficient (Wildman–Crippen LogP) is 1.70. The molecule has 0 fully saturated rings. The Morgan fingerprint density at radius 2 is 2.05 bits per heavy atom. The summed E-state index contributed by atoms with van der Waals surface area (Å²) in [5.41, 5.74) is 1.31. The lowest BCUT2D eigenvalue weighted by Crippen LogP contribution is -2.22. The Morgan fingerprint density at radius 1 is 1.33 bits per heavy atom. The molecule has 0 saturated carbocycles. The van der Waals surface area contributed by atoms with E-state index in [9.17, 15) is 9.90 Å². The summed E-state index contributed by atoms with van der Waals surface area (Å²) in [5.74, 6) is 0.427. The molecule has 21 heavy (non-hydrogen) atoms. The van der Waals surface area contributed by atoms with Gasteiger partial charge in [0.2, 0.25) is 5.78 Å². The molecule has 0 amide bonds. The van der Waals surface area contributed by atoms with Crippen LogP contribution in [0.5, 0.6) is 0 Å². The summed E-state index contributed by atoms with van der Waals surface area (Å²) in [6.45, 7) is 2.11. The Balaban J connectivity index is 2.00. The molecule has 0 radical (unpaired) electrons. The Morgan fingerprint density at radius 3 is 2.76 bits per heavy atom. The molecule has 6 nitrogen and oxygen atoms in total. The van der Waals surface area contributed by atoms with Gasteiger partial charge in [-0.3, -0.25) is 4.79 Å². The average molecular weight is 349 g/mol. The van der Waals surface area contributed by atoms with Crippen LogP contribution >= 0.6 is 15.9 Å². The first-order valence-corrected chi connectivity index (χ1v) is 7.19. The van der Waals surface area contributed by atoms with E-state index in [0.29, 0.717) is 12.3 Å². The summed E-state index contributed by atoms with van der Waals surface area (Å²) < 4.78 is 3.96.